The lowest BCUT2D eigenvalue weighted by molar-refractivity contribution is -0.128. The van der Waals surface area contributed by atoms with Crippen molar-refractivity contribution in [3.05, 3.63) is 34.9 Å². The molecule has 0 spiro atoms. The summed E-state index contributed by atoms with van der Waals surface area (Å²) in [7, 11) is 1.75. The zero-order valence-corrected chi connectivity index (χ0v) is 15.2. The Morgan fingerprint density at radius 1 is 1.42 bits per heavy atom. The second kappa shape index (κ2) is 8.19. The van der Waals surface area contributed by atoms with E-state index in [1.54, 1.807) is 18.0 Å². The van der Waals surface area contributed by atoms with Gasteiger partial charge in [0.05, 0.1) is 12.0 Å². The van der Waals surface area contributed by atoms with Crippen molar-refractivity contribution in [2.45, 2.75) is 31.3 Å². The molecule has 1 aromatic rings. The second-order valence-electron chi connectivity index (χ2n) is 6.37. The van der Waals surface area contributed by atoms with Gasteiger partial charge >= 0.3 is 0 Å². The number of amides is 2. The SMILES string of the molecule is CN1C(=O)CC(C(=O)NC2CCCNC2)C1c1cccc(Cl)c1.Cl. The average molecular weight is 372 g/mol. The molecule has 2 heterocycles. The number of rotatable bonds is 3. The molecular weight excluding hydrogens is 349 g/mol. The van der Waals surface area contributed by atoms with Gasteiger partial charge in [-0.2, -0.15) is 0 Å². The van der Waals surface area contributed by atoms with E-state index in [2.05, 4.69) is 10.6 Å². The predicted octanol–water partition coefficient (Wildman–Crippen LogP) is 2.15. The van der Waals surface area contributed by atoms with Crippen molar-refractivity contribution in [3.8, 4) is 0 Å². The van der Waals surface area contributed by atoms with Gasteiger partial charge in [0, 0.05) is 31.1 Å². The zero-order valence-electron chi connectivity index (χ0n) is 13.6. The zero-order chi connectivity index (χ0) is 16.4. The van der Waals surface area contributed by atoms with Crippen LogP contribution in [0.4, 0.5) is 0 Å². The van der Waals surface area contributed by atoms with Crippen LogP contribution in [0.1, 0.15) is 30.9 Å². The van der Waals surface area contributed by atoms with Gasteiger partial charge in [-0.05, 0) is 37.1 Å². The summed E-state index contributed by atoms with van der Waals surface area (Å²) in [5.74, 6) is -0.411. The highest BCUT2D eigenvalue weighted by Crippen LogP contribution is 2.37. The quantitative estimate of drug-likeness (QED) is 0.855. The summed E-state index contributed by atoms with van der Waals surface area (Å²) in [6.07, 6.45) is 2.29. The van der Waals surface area contributed by atoms with Gasteiger partial charge in [0.2, 0.25) is 11.8 Å². The van der Waals surface area contributed by atoms with E-state index in [0.29, 0.717) is 5.02 Å². The second-order valence-corrected chi connectivity index (χ2v) is 6.80. The third-order valence-corrected chi connectivity index (χ3v) is 4.99. The van der Waals surface area contributed by atoms with Crippen molar-refractivity contribution >= 4 is 35.8 Å². The van der Waals surface area contributed by atoms with Crippen LogP contribution in [0.5, 0.6) is 0 Å². The number of benzene rings is 1. The van der Waals surface area contributed by atoms with Crippen molar-refractivity contribution in [1.29, 1.82) is 0 Å². The largest absolute Gasteiger partial charge is 0.352 e. The number of piperidine rings is 1. The molecule has 7 heteroatoms. The molecule has 3 unspecified atom stereocenters. The van der Waals surface area contributed by atoms with E-state index in [1.165, 1.54) is 0 Å². The highest BCUT2D eigenvalue weighted by atomic mass is 35.5. The van der Waals surface area contributed by atoms with E-state index in [9.17, 15) is 9.59 Å². The van der Waals surface area contributed by atoms with Crippen molar-refractivity contribution in [2.75, 3.05) is 20.1 Å². The molecule has 3 atom stereocenters. The van der Waals surface area contributed by atoms with Crippen LogP contribution in [-0.2, 0) is 9.59 Å². The molecule has 2 aliphatic rings. The minimum absolute atomic E-state index is 0. The van der Waals surface area contributed by atoms with Gasteiger partial charge in [-0.25, -0.2) is 0 Å². The first-order valence-electron chi connectivity index (χ1n) is 8.08. The molecule has 0 saturated carbocycles. The van der Waals surface area contributed by atoms with Gasteiger partial charge in [-0.1, -0.05) is 23.7 Å². The molecule has 24 heavy (non-hydrogen) atoms. The first-order valence-corrected chi connectivity index (χ1v) is 8.46. The number of hydrogen-bond donors (Lipinski definition) is 2. The van der Waals surface area contributed by atoms with Crippen LogP contribution in [0.3, 0.4) is 0 Å². The van der Waals surface area contributed by atoms with Gasteiger partial charge in [0.1, 0.15) is 0 Å². The summed E-state index contributed by atoms with van der Waals surface area (Å²) in [4.78, 5) is 26.5. The van der Waals surface area contributed by atoms with Gasteiger partial charge in [-0.3, -0.25) is 9.59 Å². The van der Waals surface area contributed by atoms with Crippen LogP contribution >= 0.6 is 24.0 Å². The lowest BCUT2D eigenvalue weighted by atomic mass is 9.92. The molecule has 132 valence electrons. The molecule has 2 N–H and O–H groups in total. The van der Waals surface area contributed by atoms with Gasteiger partial charge < -0.3 is 15.5 Å². The van der Waals surface area contributed by atoms with Crippen LogP contribution in [0.25, 0.3) is 0 Å². The fraction of sp³-hybridized carbons (Fsp3) is 0.529. The summed E-state index contributed by atoms with van der Waals surface area (Å²) in [6, 6.07) is 7.31. The minimum Gasteiger partial charge on any atom is -0.352 e. The number of carbonyl (C=O) groups is 2. The van der Waals surface area contributed by atoms with Crippen molar-refractivity contribution in [3.63, 3.8) is 0 Å². The summed E-state index contributed by atoms with van der Waals surface area (Å²) < 4.78 is 0. The topological polar surface area (TPSA) is 61.4 Å². The Balaban J connectivity index is 0.00000208. The molecular formula is C17H23Cl2N3O2. The van der Waals surface area contributed by atoms with Gasteiger partial charge in [-0.15, -0.1) is 12.4 Å². The number of halogens is 2. The third-order valence-electron chi connectivity index (χ3n) is 4.76. The average Bonchev–Trinajstić information content (AvgIpc) is 2.84. The van der Waals surface area contributed by atoms with Crippen molar-refractivity contribution in [2.24, 2.45) is 5.92 Å². The smallest absolute Gasteiger partial charge is 0.226 e. The molecule has 2 fully saturated rings. The van der Waals surface area contributed by atoms with Crippen LogP contribution in [-0.4, -0.2) is 42.9 Å². The molecule has 0 bridgehead atoms. The highest BCUT2D eigenvalue weighted by molar-refractivity contribution is 6.30. The third kappa shape index (κ3) is 4.02. The lowest BCUT2D eigenvalue weighted by Crippen LogP contribution is -2.48. The van der Waals surface area contributed by atoms with E-state index < -0.39 is 0 Å². The minimum atomic E-state index is -0.368. The fourth-order valence-electron chi connectivity index (χ4n) is 3.53. The molecule has 2 amide bonds. The Labute approximate surface area is 153 Å². The number of nitrogens with one attached hydrogen (secondary N) is 2. The number of carbonyl (C=O) groups excluding carboxylic acids is 2. The Kier molecular flexibility index (Phi) is 6.49. The summed E-state index contributed by atoms with van der Waals surface area (Å²) >= 11 is 6.08. The monoisotopic (exact) mass is 371 g/mol. The fourth-order valence-corrected chi connectivity index (χ4v) is 3.73. The molecule has 0 aromatic heterocycles. The van der Waals surface area contributed by atoms with Crippen LogP contribution in [0, 0.1) is 5.92 Å². The van der Waals surface area contributed by atoms with Crippen molar-refractivity contribution < 1.29 is 9.59 Å². The summed E-state index contributed by atoms with van der Waals surface area (Å²) in [5, 5.41) is 7.01. The van der Waals surface area contributed by atoms with Crippen molar-refractivity contribution in [1.82, 2.24) is 15.5 Å². The molecule has 2 aliphatic heterocycles. The highest BCUT2D eigenvalue weighted by Gasteiger charge is 2.43. The van der Waals surface area contributed by atoms with Crippen LogP contribution in [0.2, 0.25) is 5.02 Å². The standard InChI is InChI=1S/C17H22ClN3O2.ClH/c1-21-15(22)9-14(16(21)11-4-2-5-12(18)8-11)17(23)20-13-6-3-7-19-10-13;/h2,4-5,8,13-14,16,19H,3,6-7,9-10H2,1H3,(H,20,23);1H. The Hall–Kier alpha value is -1.30. The Morgan fingerprint density at radius 3 is 2.88 bits per heavy atom. The molecule has 3 rings (SSSR count). The maximum atomic E-state index is 12.7. The first-order chi connectivity index (χ1) is 11.1. The Morgan fingerprint density at radius 2 is 2.21 bits per heavy atom. The normalized spacial score (nSPS) is 26.8. The van der Waals surface area contributed by atoms with Crippen LogP contribution < -0.4 is 10.6 Å². The van der Waals surface area contributed by atoms with Gasteiger partial charge in [0.15, 0.2) is 0 Å². The van der Waals surface area contributed by atoms with E-state index >= 15 is 0 Å². The summed E-state index contributed by atoms with van der Waals surface area (Å²) in [6.45, 7) is 1.80. The maximum absolute atomic E-state index is 12.7. The van der Waals surface area contributed by atoms with E-state index in [0.717, 1.165) is 31.5 Å². The number of likely N-dealkylation sites (tertiary alicyclic amines) is 1. The molecule has 0 radical (unpaired) electrons. The van der Waals surface area contributed by atoms with E-state index in [1.807, 2.05) is 18.2 Å². The van der Waals surface area contributed by atoms with E-state index in [4.69, 9.17) is 11.6 Å². The number of hydrogen-bond acceptors (Lipinski definition) is 3. The van der Waals surface area contributed by atoms with Crippen LogP contribution in [0.15, 0.2) is 24.3 Å². The molecule has 1 aromatic carbocycles. The predicted molar refractivity (Wildman–Crippen MR) is 96.4 cm³/mol. The summed E-state index contributed by atoms with van der Waals surface area (Å²) in [5.41, 5.74) is 0.910. The molecule has 5 nitrogen and oxygen atoms in total. The first kappa shape index (κ1) is 19.0. The number of nitrogens with zero attached hydrogens (tertiary/aromatic N) is 1. The molecule has 2 saturated heterocycles. The maximum Gasteiger partial charge on any atom is 0.226 e. The lowest BCUT2D eigenvalue weighted by Gasteiger charge is -2.28. The van der Waals surface area contributed by atoms with Gasteiger partial charge in [0.25, 0.3) is 0 Å². The Bertz CT molecular complexity index is 605. The molecule has 0 aliphatic carbocycles. The van der Waals surface area contributed by atoms with E-state index in [-0.39, 0.29) is 48.6 Å².